The quantitative estimate of drug-likeness (QED) is 0.662. The fraction of sp³-hybridized carbons (Fsp3) is 0.750. The van der Waals surface area contributed by atoms with Crippen LogP contribution in [0.25, 0.3) is 0 Å². The van der Waals surface area contributed by atoms with Crippen molar-refractivity contribution in [1.82, 2.24) is 10.2 Å². The Morgan fingerprint density at radius 1 is 1.33 bits per heavy atom. The molecule has 0 heterocycles. The van der Waals surface area contributed by atoms with Crippen molar-refractivity contribution in [2.75, 3.05) is 19.6 Å². The van der Waals surface area contributed by atoms with Gasteiger partial charge in [0.25, 0.3) is 0 Å². The molecule has 0 aromatic rings. The largest absolute Gasteiger partial charge is 0.481 e. The number of carbonyl (C=O) groups excluding carboxylic acids is 2. The van der Waals surface area contributed by atoms with Gasteiger partial charge >= 0.3 is 5.97 Å². The molecule has 2 amide bonds. The van der Waals surface area contributed by atoms with Crippen molar-refractivity contribution in [2.24, 2.45) is 5.92 Å². The van der Waals surface area contributed by atoms with Gasteiger partial charge in [-0.05, 0) is 6.42 Å². The van der Waals surface area contributed by atoms with Gasteiger partial charge in [0.05, 0.1) is 5.92 Å². The van der Waals surface area contributed by atoms with E-state index in [1.807, 2.05) is 6.92 Å². The number of hydrogen-bond acceptors (Lipinski definition) is 3. The number of aliphatic carboxylic acids is 1. The monoisotopic (exact) mass is 258 g/mol. The lowest BCUT2D eigenvalue weighted by Gasteiger charge is -2.24. The van der Waals surface area contributed by atoms with Crippen molar-refractivity contribution in [3.63, 3.8) is 0 Å². The second-order valence-corrected chi connectivity index (χ2v) is 4.31. The molecule has 0 rings (SSSR count). The van der Waals surface area contributed by atoms with E-state index < -0.39 is 11.9 Å². The van der Waals surface area contributed by atoms with Gasteiger partial charge in [-0.25, -0.2) is 0 Å². The van der Waals surface area contributed by atoms with E-state index in [9.17, 15) is 14.4 Å². The Morgan fingerprint density at radius 2 is 1.94 bits per heavy atom. The molecule has 0 bridgehead atoms. The van der Waals surface area contributed by atoms with E-state index in [2.05, 4.69) is 5.32 Å². The summed E-state index contributed by atoms with van der Waals surface area (Å²) in [6, 6.07) is 0. The van der Waals surface area contributed by atoms with E-state index >= 15 is 0 Å². The summed E-state index contributed by atoms with van der Waals surface area (Å²) >= 11 is 0. The third-order valence-electron chi connectivity index (χ3n) is 2.49. The molecule has 0 aliphatic rings. The second-order valence-electron chi connectivity index (χ2n) is 4.31. The molecule has 0 aromatic carbocycles. The average molecular weight is 258 g/mol. The molecule has 0 aromatic heterocycles. The Balaban J connectivity index is 4.37. The van der Waals surface area contributed by atoms with Crippen LogP contribution < -0.4 is 5.32 Å². The first-order chi connectivity index (χ1) is 8.38. The molecular weight excluding hydrogens is 236 g/mol. The second kappa shape index (κ2) is 8.49. The summed E-state index contributed by atoms with van der Waals surface area (Å²) in [6.45, 7) is 5.72. The number of hydrogen-bond donors (Lipinski definition) is 2. The van der Waals surface area contributed by atoms with E-state index in [0.29, 0.717) is 19.5 Å². The highest BCUT2D eigenvalue weighted by molar-refractivity contribution is 5.77. The lowest BCUT2D eigenvalue weighted by molar-refractivity contribution is -0.143. The Kier molecular flexibility index (Phi) is 7.74. The minimum atomic E-state index is -0.927. The fourth-order valence-electron chi connectivity index (χ4n) is 1.47. The van der Waals surface area contributed by atoms with Crippen LogP contribution in [0, 0.1) is 5.92 Å². The van der Waals surface area contributed by atoms with Gasteiger partial charge in [-0.15, -0.1) is 0 Å². The third-order valence-corrected chi connectivity index (χ3v) is 2.49. The lowest BCUT2D eigenvalue weighted by Crippen LogP contribution is -2.41. The Labute approximate surface area is 107 Å². The molecule has 0 saturated heterocycles. The molecule has 0 fully saturated rings. The van der Waals surface area contributed by atoms with Gasteiger partial charge < -0.3 is 15.3 Å². The topological polar surface area (TPSA) is 86.7 Å². The summed E-state index contributed by atoms with van der Waals surface area (Å²) in [4.78, 5) is 34.8. The van der Waals surface area contributed by atoms with Crippen molar-refractivity contribution in [2.45, 2.75) is 33.6 Å². The first-order valence-corrected chi connectivity index (χ1v) is 6.13. The molecule has 0 aliphatic heterocycles. The number of carboxylic acid groups (broad SMARTS) is 1. The normalized spacial score (nSPS) is 11.7. The molecule has 104 valence electrons. The number of nitrogens with one attached hydrogen (secondary N) is 1. The molecule has 6 nitrogen and oxygen atoms in total. The van der Waals surface area contributed by atoms with Gasteiger partial charge in [0.2, 0.25) is 11.8 Å². The molecule has 6 heteroatoms. The summed E-state index contributed by atoms with van der Waals surface area (Å²) < 4.78 is 0. The zero-order valence-electron chi connectivity index (χ0n) is 11.2. The van der Waals surface area contributed by atoms with Gasteiger partial charge in [-0.1, -0.05) is 13.8 Å². The molecule has 0 radical (unpaired) electrons. The molecule has 0 saturated carbocycles. The highest BCUT2D eigenvalue weighted by atomic mass is 16.4. The molecule has 1 atom stereocenters. The Hall–Kier alpha value is -1.59. The van der Waals surface area contributed by atoms with E-state index in [1.165, 1.54) is 11.8 Å². The van der Waals surface area contributed by atoms with Crippen LogP contribution in [0.2, 0.25) is 0 Å². The first kappa shape index (κ1) is 16.4. The molecule has 0 aliphatic carbocycles. The Bertz CT molecular complexity index is 304. The summed E-state index contributed by atoms with van der Waals surface area (Å²) in [5, 5.41) is 11.4. The van der Waals surface area contributed by atoms with Crippen LogP contribution in [0.5, 0.6) is 0 Å². The van der Waals surface area contributed by atoms with Crippen molar-refractivity contribution in [3.8, 4) is 0 Å². The maximum Gasteiger partial charge on any atom is 0.308 e. The highest BCUT2D eigenvalue weighted by Crippen LogP contribution is 2.04. The fourth-order valence-corrected chi connectivity index (χ4v) is 1.47. The van der Waals surface area contributed by atoms with Crippen LogP contribution >= 0.6 is 0 Å². The standard InChI is InChI=1S/C12H22N2O4/c1-4-5-11(16)14(7-6-13-10(3)15)8-9(2)12(17)18/h9H,4-8H2,1-3H3,(H,13,15)(H,17,18). The van der Waals surface area contributed by atoms with Gasteiger partial charge in [0.15, 0.2) is 0 Å². The summed E-state index contributed by atoms with van der Waals surface area (Å²) in [7, 11) is 0. The zero-order chi connectivity index (χ0) is 14.1. The minimum absolute atomic E-state index is 0.0732. The minimum Gasteiger partial charge on any atom is -0.481 e. The SMILES string of the molecule is CCCC(=O)N(CCNC(C)=O)CC(C)C(=O)O. The van der Waals surface area contributed by atoms with Gasteiger partial charge in [0.1, 0.15) is 0 Å². The lowest BCUT2D eigenvalue weighted by atomic mass is 10.1. The van der Waals surface area contributed by atoms with Crippen molar-refractivity contribution in [1.29, 1.82) is 0 Å². The van der Waals surface area contributed by atoms with Crippen molar-refractivity contribution in [3.05, 3.63) is 0 Å². The van der Waals surface area contributed by atoms with Crippen molar-refractivity contribution < 1.29 is 19.5 Å². The third kappa shape index (κ3) is 6.88. The van der Waals surface area contributed by atoms with Crippen LogP contribution in [0.4, 0.5) is 0 Å². The van der Waals surface area contributed by atoms with Crippen LogP contribution in [0.15, 0.2) is 0 Å². The predicted molar refractivity (Wildman–Crippen MR) is 67.0 cm³/mol. The number of nitrogens with zero attached hydrogens (tertiary/aromatic N) is 1. The van der Waals surface area contributed by atoms with E-state index in [-0.39, 0.29) is 18.4 Å². The van der Waals surface area contributed by atoms with Crippen LogP contribution in [0.3, 0.4) is 0 Å². The van der Waals surface area contributed by atoms with Gasteiger partial charge in [0, 0.05) is 33.0 Å². The Morgan fingerprint density at radius 3 is 2.39 bits per heavy atom. The number of carboxylic acids is 1. The number of rotatable bonds is 8. The molecular formula is C12H22N2O4. The molecule has 2 N–H and O–H groups in total. The van der Waals surface area contributed by atoms with Crippen LogP contribution in [-0.2, 0) is 14.4 Å². The summed E-state index contributed by atoms with van der Waals surface area (Å²) in [6.07, 6.45) is 1.11. The van der Waals surface area contributed by atoms with E-state index in [0.717, 1.165) is 6.42 Å². The number of amides is 2. The van der Waals surface area contributed by atoms with E-state index in [1.54, 1.807) is 6.92 Å². The maximum atomic E-state index is 11.8. The van der Waals surface area contributed by atoms with Crippen molar-refractivity contribution >= 4 is 17.8 Å². The average Bonchev–Trinajstić information content (AvgIpc) is 2.27. The smallest absolute Gasteiger partial charge is 0.308 e. The molecule has 0 spiro atoms. The van der Waals surface area contributed by atoms with Crippen LogP contribution in [-0.4, -0.2) is 47.4 Å². The van der Waals surface area contributed by atoms with Crippen LogP contribution in [0.1, 0.15) is 33.6 Å². The summed E-state index contributed by atoms with van der Waals surface area (Å²) in [5.74, 6) is -1.77. The summed E-state index contributed by atoms with van der Waals surface area (Å²) in [5.41, 5.74) is 0. The maximum absolute atomic E-state index is 11.8. The van der Waals surface area contributed by atoms with Gasteiger partial charge in [-0.2, -0.15) is 0 Å². The van der Waals surface area contributed by atoms with Gasteiger partial charge in [-0.3, -0.25) is 14.4 Å². The van der Waals surface area contributed by atoms with E-state index in [4.69, 9.17) is 5.11 Å². The molecule has 18 heavy (non-hydrogen) atoms. The highest BCUT2D eigenvalue weighted by Gasteiger charge is 2.19. The predicted octanol–water partition coefficient (Wildman–Crippen LogP) is 0.472. The zero-order valence-corrected chi connectivity index (χ0v) is 11.2. The first-order valence-electron chi connectivity index (χ1n) is 6.13. The number of carbonyl (C=O) groups is 3. The molecule has 1 unspecified atom stereocenters.